The van der Waals surface area contributed by atoms with Gasteiger partial charge in [0.2, 0.25) is 6.79 Å². The first-order valence-corrected chi connectivity index (χ1v) is 7.65. The van der Waals surface area contributed by atoms with Crippen molar-refractivity contribution in [3.63, 3.8) is 0 Å². The van der Waals surface area contributed by atoms with Gasteiger partial charge in [0.25, 0.3) is 5.56 Å². The number of hydrogen-bond acceptors (Lipinski definition) is 4. The molecule has 3 heterocycles. The highest BCUT2D eigenvalue weighted by Crippen LogP contribution is 2.32. The Balaban J connectivity index is 1.60. The van der Waals surface area contributed by atoms with E-state index in [2.05, 4.69) is 10.1 Å². The molecule has 0 fully saturated rings. The molecule has 23 heavy (non-hydrogen) atoms. The Hall–Kier alpha value is -2.47. The molecule has 1 N–H and O–H groups in total. The van der Waals surface area contributed by atoms with E-state index in [4.69, 9.17) is 21.1 Å². The van der Waals surface area contributed by atoms with Gasteiger partial charge in [-0.3, -0.25) is 9.89 Å². The van der Waals surface area contributed by atoms with Crippen molar-refractivity contribution in [2.75, 3.05) is 6.79 Å². The number of aryl methyl sites for hydroxylation is 3. The zero-order chi connectivity index (χ0) is 16.0. The van der Waals surface area contributed by atoms with Crippen molar-refractivity contribution >= 4 is 17.2 Å². The van der Waals surface area contributed by atoms with E-state index in [0.29, 0.717) is 22.8 Å². The molecule has 1 aromatic carbocycles. The second-order valence-electron chi connectivity index (χ2n) is 5.48. The molecular weight excluding hydrogens is 318 g/mol. The van der Waals surface area contributed by atoms with Gasteiger partial charge in [0.1, 0.15) is 5.02 Å². The van der Waals surface area contributed by atoms with E-state index in [1.54, 1.807) is 0 Å². The molecule has 0 atom stereocenters. The molecule has 0 saturated heterocycles. The number of hydrogen-bond donors (Lipinski definition) is 1. The largest absolute Gasteiger partial charge is 0.454 e. The third-order valence-electron chi connectivity index (χ3n) is 3.88. The number of ether oxygens (including phenoxy) is 2. The average Bonchev–Trinajstić information content (AvgIpc) is 3.11. The summed E-state index contributed by atoms with van der Waals surface area (Å²) in [6, 6.07) is 7.38. The van der Waals surface area contributed by atoms with Crippen LogP contribution in [0.2, 0.25) is 5.02 Å². The summed E-state index contributed by atoms with van der Waals surface area (Å²) in [7, 11) is 0. The van der Waals surface area contributed by atoms with Crippen LogP contribution in [0.15, 0.2) is 29.1 Å². The first kappa shape index (κ1) is 14.1. The van der Waals surface area contributed by atoms with E-state index in [1.807, 2.05) is 25.1 Å². The molecule has 0 bridgehead atoms. The molecule has 0 saturated carbocycles. The molecule has 0 radical (unpaired) electrons. The third kappa shape index (κ3) is 2.45. The monoisotopic (exact) mass is 331 g/mol. The van der Waals surface area contributed by atoms with Crippen molar-refractivity contribution in [3.05, 3.63) is 56.6 Å². The predicted molar refractivity (Wildman–Crippen MR) is 85.5 cm³/mol. The molecule has 0 unspecified atom stereocenters. The minimum Gasteiger partial charge on any atom is -0.454 e. The van der Waals surface area contributed by atoms with Crippen molar-refractivity contribution in [1.29, 1.82) is 0 Å². The van der Waals surface area contributed by atoms with Crippen LogP contribution in [0.5, 0.6) is 11.5 Å². The first-order chi connectivity index (χ1) is 11.1. The fourth-order valence-electron chi connectivity index (χ4n) is 2.67. The van der Waals surface area contributed by atoms with Gasteiger partial charge in [0.15, 0.2) is 17.1 Å². The van der Waals surface area contributed by atoms with Crippen molar-refractivity contribution in [2.45, 2.75) is 19.8 Å². The Morgan fingerprint density at radius 3 is 2.96 bits per heavy atom. The highest BCUT2D eigenvalue weighted by Gasteiger charge is 2.14. The third-order valence-corrected chi connectivity index (χ3v) is 4.34. The number of rotatable bonds is 3. The summed E-state index contributed by atoms with van der Waals surface area (Å²) in [6.45, 7) is 2.07. The fraction of sp³-hybridized carbons (Fsp3) is 0.250. The van der Waals surface area contributed by atoms with E-state index >= 15 is 0 Å². The lowest BCUT2D eigenvalue weighted by molar-refractivity contribution is 0.174. The summed E-state index contributed by atoms with van der Waals surface area (Å²) < 4.78 is 12.0. The summed E-state index contributed by atoms with van der Waals surface area (Å²) in [5, 5.41) is 3.38. The molecule has 3 aromatic rings. The van der Waals surface area contributed by atoms with Gasteiger partial charge in [0, 0.05) is 11.8 Å². The van der Waals surface area contributed by atoms with Crippen LogP contribution >= 0.6 is 11.6 Å². The molecule has 0 amide bonds. The summed E-state index contributed by atoms with van der Waals surface area (Å²) in [4.78, 5) is 16.6. The van der Waals surface area contributed by atoms with Crippen LogP contribution in [0.25, 0.3) is 5.65 Å². The number of fused-ring (bicyclic) bond motifs is 2. The van der Waals surface area contributed by atoms with Gasteiger partial charge in [-0.15, -0.1) is 0 Å². The van der Waals surface area contributed by atoms with Gasteiger partial charge in [0.05, 0.1) is 5.69 Å². The zero-order valence-electron chi connectivity index (χ0n) is 12.4. The van der Waals surface area contributed by atoms with Gasteiger partial charge in [-0.2, -0.15) is 4.52 Å². The molecule has 7 heteroatoms. The topological polar surface area (TPSA) is 68.6 Å². The van der Waals surface area contributed by atoms with Crippen LogP contribution in [0.3, 0.4) is 0 Å². The molecular formula is C16H14ClN3O3. The number of H-pyrrole nitrogens is 1. The maximum Gasteiger partial charge on any atom is 0.272 e. The number of aromatic nitrogens is 3. The van der Waals surface area contributed by atoms with Crippen LogP contribution in [-0.4, -0.2) is 21.4 Å². The molecule has 0 spiro atoms. The number of nitrogens with zero attached hydrogens (tertiary/aromatic N) is 2. The second-order valence-corrected chi connectivity index (χ2v) is 5.86. The van der Waals surface area contributed by atoms with Crippen LogP contribution in [0.4, 0.5) is 0 Å². The normalized spacial score (nSPS) is 13.0. The lowest BCUT2D eigenvalue weighted by Gasteiger charge is -2.04. The number of halogens is 1. The van der Waals surface area contributed by atoms with E-state index < -0.39 is 0 Å². The van der Waals surface area contributed by atoms with E-state index in [0.717, 1.165) is 29.2 Å². The lowest BCUT2D eigenvalue weighted by atomic mass is 10.1. The van der Waals surface area contributed by atoms with Gasteiger partial charge < -0.3 is 9.47 Å². The number of nitrogens with one attached hydrogen (secondary N) is 1. The van der Waals surface area contributed by atoms with E-state index in [9.17, 15) is 4.79 Å². The molecule has 0 aliphatic carbocycles. The predicted octanol–water partition coefficient (Wildman–Crippen LogP) is 2.50. The SMILES string of the molecule is Cc1[nH]n2c(=O)cc(CCc3ccc4c(c3)OCO4)nc2c1Cl. The highest BCUT2D eigenvalue weighted by molar-refractivity contribution is 6.34. The van der Waals surface area contributed by atoms with Crippen LogP contribution < -0.4 is 15.0 Å². The quantitative estimate of drug-likeness (QED) is 0.800. The van der Waals surface area contributed by atoms with E-state index in [-0.39, 0.29) is 12.4 Å². The molecule has 1 aliphatic heterocycles. The average molecular weight is 332 g/mol. The van der Waals surface area contributed by atoms with Gasteiger partial charge in [-0.1, -0.05) is 17.7 Å². The van der Waals surface area contributed by atoms with Crippen LogP contribution in [0.1, 0.15) is 17.0 Å². The maximum atomic E-state index is 12.1. The smallest absolute Gasteiger partial charge is 0.272 e. The molecule has 2 aromatic heterocycles. The van der Waals surface area contributed by atoms with Crippen molar-refractivity contribution < 1.29 is 9.47 Å². The molecule has 1 aliphatic rings. The molecule has 118 valence electrons. The van der Waals surface area contributed by atoms with Crippen LogP contribution in [-0.2, 0) is 12.8 Å². The minimum absolute atomic E-state index is 0.161. The minimum atomic E-state index is -0.161. The maximum absolute atomic E-state index is 12.1. The lowest BCUT2D eigenvalue weighted by Crippen LogP contribution is -2.16. The summed E-state index contributed by atoms with van der Waals surface area (Å²) in [6.07, 6.45) is 1.40. The Morgan fingerprint density at radius 2 is 2.09 bits per heavy atom. The van der Waals surface area contributed by atoms with Gasteiger partial charge in [-0.05, 0) is 37.5 Å². The zero-order valence-corrected chi connectivity index (χ0v) is 13.2. The standard InChI is InChI=1S/C16H14ClN3O3/c1-9-15(17)16-18-11(7-14(21)20(16)19-9)4-2-10-3-5-12-13(6-10)23-8-22-12/h3,5-7,19H,2,4,8H2,1H3. The summed E-state index contributed by atoms with van der Waals surface area (Å²) in [5.74, 6) is 1.52. The molecule has 4 rings (SSSR count). The van der Waals surface area contributed by atoms with Crippen LogP contribution in [0, 0.1) is 6.92 Å². The van der Waals surface area contributed by atoms with E-state index in [1.165, 1.54) is 10.6 Å². The number of aromatic amines is 1. The van der Waals surface area contributed by atoms with Crippen molar-refractivity contribution in [3.8, 4) is 11.5 Å². The molecule has 6 nitrogen and oxygen atoms in total. The summed E-state index contributed by atoms with van der Waals surface area (Å²) >= 11 is 6.18. The Bertz CT molecular complexity index is 961. The summed E-state index contributed by atoms with van der Waals surface area (Å²) in [5.41, 5.74) is 2.85. The Labute approximate surface area is 136 Å². The second kappa shape index (κ2) is 5.31. The van der Waals surface area contributed by atoms with Crippen molar-refractivity contribution in [1.82, 2.24) is 14.6 Å². The fourth-order valence-corrected chi connectivity index (χ4v) is 2.84. The van der Waals surface area contributed by atoms with Gasteiger partial charge >= 0.3 is 0 Å². The Morgan fingerprint density at radius 1 is 1.26 bits per heavy atom. The highest BCUT2D eigenvalue weighted by atomic mass is 35.5. The first-order valence-electron chi connectivity index (χ1n) is 7.27. The van der Waals surface area contributed by atoms with Crippen molar-refractivity contribution in [2.24, 2.45) is 0 Å². The van der Waals surface area contributed by atoms with Gasteiger partial charge in [-0.25, -0.2) is 4.98 Å². The Kier molecular flexibility index (Phi) is 3.27. The number of benzene rings is 1.